The smallest absolute Gasteiger partial charge is 0.224 e. The van der Waals surface area contributed by atoms with E-state index in [4.69, 9.17) is 15.2 Å². The fourth-order valence-corrected chi connectivity index (χ4v) is 3.20. The lowest BCUT2D eigenvalue weighted by atomic mass is 9.97. The summed E-state index contributed by atoms with van der Waals surface area (Å²) in [5.41, 5.74) is 8.21. The number of rotatable bonds is 2. The summed E-state index contributed by atoms with van der Waals surface area (Å²) in [5.74, 6) is 1.73. The first kappa shape index (κ1) is 13.2. The minimum Gasteiger partial charge on any atom is -0.496 e. The third-order valence-electron chi connectivity index (χ3n) is 4.19. The molecule has 0 saturated carbocycles. The second kappa shape index (κ2) is 4.66. The summed E-state index contributed by atoms with van der Waals surface area (Å²) < 4.78 is 11.3. The quantitative estimate of drug-likeness (QED) is 0.883. The molecule has 3 unspecified atom stereocenters. The Morgan fingerprint density at radius 1 is 1.40 bits per heavy atom. The number of benzene rings is 1. The first-order chi connectivity index (χ1) is 9.51. The van der Waals surface area contributed by atoms with Gasteiger partial charge in [-0.3, -0.25) is 4.79 Å². The Morgan fingerprint density at radius 3 is 2.75 bits per heavy atom. The van der Waals surface area contributed by atoms with Crippen molar-refractivity contribution in [3.63, 3.8) is 0 Å². The van der Waals surface area contributed by atoms with E-state index in [0.29, 0.717) is 6.42 Å². The molecule has 0 aliphatic carbocycles. The van der Waals surface area contributed by atoms with Crippen LogP contribution in [-0.2, 0) is 11.2 Å². The Morgan fingerprint density at radius 2 is 2.15 bits per heavy atom. The van der Waals surface area contributed by atoms with Gasteiger partial charge in [0, 0.05) is 37.1 Å². The first-order valence-corrected chi connectivity index (χ1v) is 6.90. The van der Waals surface area contributed by atoms with Crippen LogP contribution in [-0.4, -0.2) is 37.1 Å². The highest BCUT2D eigenvalue weighted by atomic mass is 16.5. The number of carbonyl (C=O) groups excluding carboxylic acids is 1. The van der Waals surface area contributed by atoms with Crippen LogP contribution in [0.25, 0.3) is 0 Å². The van der Waals surface area contributed by atoms with Crippen LogP contribution in [0.4, 0.5) is 0 Å². The minimum absolute atomic E-state index is 0.0688. The second-order valence-electron chi connectivity index (χ2n) is 5.65. The van der Waals surface area contributed by atoms with Gasteiger partial charge in [-0.05, 0) is 19.1 Å². The van der Waals surface area contributed by atoms with Gasteiger partial charge in [-0.25, -0.2) is 0 Å². The molecule has 108 valence electrons. The fraction of sp³-hybridized carbons (Fsp3) is 0.533. The number of fused-ring (bicyclic) bond motifs is 1. The molecule has 2 aliphatic rings. The average molecular weight is 276 g/mol. The predicted molar refractivity (Wildman–Crippen MR) is 74.9 cm³/mol. The number of likely N-dealkylation sites (tertiary alicyclic amines) is 1. The Hall–Kier alpha value is -1.75. The van der Waals surface area contributed by atoms with Crippen molar-refractivity contribution in [3.05, 3.63) is 23.3 Å². The molecule has 5 nitrogen and oxygen atoms in total. The maximum Gasteiger partial charge on any atom is 0.224 e. The number of amides is 1. The Labute approximate surface area is 118 Å². The van der Waals surface area contributed by atoms with Gasteiger partial charge in [0.05, 0.1) is 13.2 Å². The number of nitrogens with two attached hydrogens (primary N) is 1. The molecule has 5 heteroatoms. The van der Waals surface area contributed by atoms with Crippen LogP contribution >= 0.6 is 0 Å². The van der Waals surface area contributed by atoms with Crippen LogP contribution < -0.4 is 15.2 Å². The molecule has 3 atom stereocenters. The molecule has 0 aromatic heterocycles. The van der Waals surface area contributed by atoms with Gasteiger partial charge in [0.1, 0.15) is 17.6 Å². The molecule has 1 amide bonds. The number of likely N-dealkylation sites (N-methyl/N-ethyl adjacent to an activating group) is 1. The largest absolute Gasteiger partial charge is 0.496 e. The lowest BCUT2D eigenvalue weighted by Crippen LogP contribution is -2.30. The standard InChI is InChI=1S/C15H20N2O3/c1-8-4-9-5-13(19-3)10(6-12(9)20-8)15-11(16)7-14(18)17(15)2/h5-6,8,11,15H,4,7,16H2,1-3H3. The van der Waals surface area contributed by atoms with Crippen LogP contribution in [0.5, 0.6) is 11.5 Å². The second-order valence-corrected chi connectivity index (χ2v) is 5.65. The summed E-state index contributed by atoms with van der Waals surface area (Å²) in [4.78, 5) is 13.5. The molecule has 0 radical (unpaired) electrons. The third-order valence-corrected chi connectivity index (χ3v) is 4.19. The highest BCUT2D eigenvalue weighted by Gasteiger charge is 2.38. The fourth-order valence-electron chi connectivity index (χ4n) is 3.20. The highest BCUT2D eigenvalue weighted by Crippen LogP contribution is 2.41. The summed E-state index contributed by atoms with van der Waals surface area (Å²) in [6, 6.07) is 3.63. The maximum absolute atomic E-state index is 11.8. The van der Waals surface area contributed by atoms with E-state index < -0.39 is 0 Å². The SMILES string of the molecule is COc1cc2c(cc1C1C(N)CC(=O)N1C)OC(C)C2. The summed E-state index contributed by atoms with van der Waals surface area (Å²) in [6.07, 6.45) is 1.44. The van der Waals surface area contributed by atoms with Crippen LogP contribution in [0.2, 0.25) is 0 Å². The molecule has 20 heavy (non-hydrogen) atoms. The molecular weight excluding hydrogens is 256 g/mol. The molecule has 2 N–H and O–H groups in total. The van der Waals surface area contributed by atoms with Crippen molar-refractivity contribution in [3.8, 4) is 11.5 Å². The lowest BCUT2D eigenvalue weighted by molar-refractivity contribution is -0.127. The maximum atomic E-state index is 11.8. The molecular formula is C15H20N2O3. The van der Waals surface area contributed by atoms with Gasteiger partial charge in [-0.2, -0.15) is 0 Å². The number of hydrogen-bond donors (Lipinski definition) is 1. The van der Waals surface area contributed by atoms with Gasteiger partial charge in [0.15, 0.2) is 0 Å². The first-order valence-electron chi connectivity index (χ1n) is 6.90. The van der Waals surface area contributed by atoms with Gasteiger partial charge in [-0.15, -0.1) is 0 Å². The highest BCUT2D eigenvalue weighted by molar-refractivity contribution is 5.80. The van der Waals surface area contributed by atoms with Gasteiger partial charge >= 0.3 is 0 Å². The topological polar surface area (TPSA) is 64.8 Å². The Bertz CT molecular complexity index is 558. The monoisotopic (exact) mass is 276 g/mol. The van der Waals surface area contributed by atoms with Crippen LogP contribution in [0.3, 0.4) is 0 Å². The van der Waals surface area contributed by atoms with E-state index in [1.165, 1.54) is 0 Å². The molecule has 1 aromatic rings. The summed E-state index contributed by atoms with van der Waals surface area (Å²) in [6.45, 7) is 2.04. The van der Waals surface area contributed by atoms with E-state index in [1.54, 1.807) is 19.1 Å². The summed E-state index contributed by atoms with van der Waals surface area (Å²) in [5, 5.41) is 0. The molecule has 2 heterocycles. The number of methoxy groups -OCH3 is 1. The van der Waals surface area contributed by atoms with Crippen molar-refractivity contribution in [1.82, 2.24) is 4.90 Å². The zero-order valence-corrected chi connectivity index (χ0v) is 12.1. The number of hydrogen-bond acceptors (Lipinski definition) is 4. The van der Waals surface area contributed by atoms with Crippen molar-refractivity contribution in [2.24, 2.45) is 5.73 Å². The van der Waals surface area contributed by atoms with E-state index in [2.05, 4.69) is 0 Å². The molecule has 1 saturated heterocycles. The minimum atomic E-state index is -0.210. The van der Waals surface area contributed by atoms with E-state index in [-0.39, 0.29) is 24.1 Å². The molecule has 0 spiro atoms. The van der Waals surface area contributed by atoms with Crippen molar-refractivity contribution >= 4 is 5.91 Å². The van der Waals surface area contributed by atoms with Crippen molar-refractivity contribution in [2.75, 3.05) is 14.2 Å². The lowest BCUT2D eigenvalue weighted by Gasteiger charge is -2.25. The van der Waals surface area contributed by atoms with Crippen molar-refractivity contribution in [2.45, 2.75) is 38.0 Å². The Kier molecular flexibility index (Phi) is 3.09. The summed E-state index contributed by atoms with van der Waals surface area (Å²) in [7, 11) is 3.43. The van der Waals surface area contributed by atoms with Gasteiger partial charge in [0.2, 0.25) is 5.91 Å². The normalized spacial score (nSPS) is 28.5. The number of nitrogens with zero attached hydrogens (tertiary/aromatic N) is 1. The third kappa shape index (κ3) is 1.93. The van der Waals surface area contributed by atoms with E-state index in [9.17, 15) is 4.79 Å². The predicted octanol–water partition coefficient (Wildman–Crippen LogP) is 1.25. The Balaban J connectivity index is 2.05. The number of carbonyl (C=O) groups is 1. The van der Waals surface area contributed by atoms with Gasteiger partial charge in [0.25, 0.3) is 0 Å². The van der Waals surface area contributed by atoms with Crippen LogP contribution in [0.15, 0.2) is 12.1 Å². The number of ether oxygens (including phenoxy) is 2. The zero-order chi connectivity index (χ0) is 14.4. The molecule has 1 fully saturated rings. The van der Waals surface area contributed by atoms with Gasteiger partial charge < -0.3 is 20.1 Å². The summed E-state index contributed by atoms with van der Waals surface area (Å²) >= 11 is 0. The molecule has 2 aliphatic heterocycles. The van der Waals surface area contributed by atoms with E-state index in [0.717, 1.165) is 29.0 Å². The molecule has 0 bridgehead atoms. The van der Waals surface area contributed by atoms with E-state index >= 15 is 0 Å². The zero-order valence-electron chi connectivity index (χ0n) is 12.1. The molecule has 1 aromatic carbocycles. The van der Waals surface area contributed by atoms with Gasteiger partial charge in [-0.1, -0.05) is 0 Å². The van der Waals surface area contributed by atoms with Crippen molar-refractivity contribution in [1.29, 1.82) is 0 Å². The van der Waals surface area contributed by atoms with Crippen molar-refractivity contribution < 1.29 is 14.3 Å². The molecule has 3 rings (SSSR count). The van der Waals surface area contributed by atoms with E-state index in [1.807, 2.05) is 19.1 Å². The van der Waals surface area contributed by atoms with Crippen LogP contribution in [0.1, 0.15) is 30.5 Å². The van der Waals surface area contributed by atoms with Crippen LogP contribution in [0, 0.1) is 0 Å². The average Bonchev–Trinajstić information content (AvgIpc) is 2.87.